The average Bonchev–Trinajstić information content (AvgIpc) is 2.72. The standard InChI is InChI=1S/C21H20N2O6/c1-14(11-19(25)22-12-20(26)28-2)29-18-9-5-16(6-10-18)21(27)15-3-7-17(8-4-15)23-13-24/h3-10,14H,11-12H2,1-2H3,(H,22,25). The molecule has 0 spiro atoms. The molecule has 0 aliphatic carbocycles. The number of nitrogens with one attached hydrogen (secondary N) is 1. The molecule has 0 aliphatic rings. The first-order valence-corrected chi connectivity index (χ1v) is 8.75. The molecule has 0 aliphatic heterocycles. The van der Waals surface area contributed by atoms with E-state index in [9.17, 15) is 19.2 Å². The molecule has 29 heavy (non-hydrogen) atoms. The minimum atomic E-state index is -0.529. The third-order valence-corrected chi connectivity index (χ3v) is 3.89. The van der Waals surface area contributed by atoms with Gasteiger partial charge in [-0.1, -0.05) is 0 Å². The van der Waals surface area contributed by atoms with Crippen molar-refractivity contribution in [1.29, 1.82) is 0 Å². The summed E-state index contributed by atoms with van der Waals surface area (Å²) in [5.74, 6) is -0.547. The van der Waals surface area contributed by atoms with Crippen LogP contribution in [-0.4, -0.2) is 43.5 Å². The number of hydrogen-bond donors (Lipinski definition) is 1. The van der Waals surface area contributed by atoms with E-state index in [0.29, 0.717) is 22.6 Å². The molecule has 8 nitrogen and oxygen atoms in total. The first kappa shape index (κ1) is 21.5. The number of carbonyl (C=O) groups is 3. The van der Waals surface area contributed by atoms with Crippen molar-refractivity contribution < 1.29 is 28.7 Å². The van der Waals surface area contributed by atoms with Gasteiger partial charge in [0, 0.05) is 11.1 Å². The fraction of sp³-hybridized carbons (Fsp3) is 0.238. The third kappa shape index (κ3) is 6.71. The highest BCUT2D eigenvalue weighted by atomic mass is 16.5. The molecule has 1 amide bonds. The quantitative estimate of drug-likeness (QED) is 0.301. The van der Waals surface area contributed by atoms with E-state index in [0.717, 1.165) is 0 Å². The summed E-state index contributed by atoms with van der Waals surface area (Å²) in [7, 11) is 1.24. The Bertz CT molecular complexity index is 915. The summed E-state index contributed by atoms with van der Waals surface area (Å²) < 4.78 is 10.1. The van der Waals surface area contributed by atoms with Gasteiger partial charge in [-0.2, -0.15) is 4.99 Å². The molecular formula is C21H20N2O6. The second-order valence-electron chi connectivity index (χ2n) is 6.09. The number of methoxy groups -OCH3 is 1. The van der Waals surface area contributed by atoms with Gasteiger partial charge < -0.3 is 14.8 Å². The SMILES string of the molecule is COC(=O)CNC(=O)CC(C)Oc1ccc(C(=O)c2ccc(N=C=O)cc2)cc1. The minimum absolute atomic E-state index is 0.0628. The lowest BCUT2D eigenvalue weighted by Crippen LogP contribution is -2.33. The van der Waals surface area contributed by atoms with Gasteiger partial charge in [0.15, 0.2) is 5.78 Å². The van der Waals surface area contributed by atoms with Crippen molar-refractivity contribution in [3.8, 4) is 5.75 Å². The van der Waals surface area contributed by atoms with E-state index >= 15 is 0 Å². The summed E-state index contributed by atoms with van der Waals surface area (Å²) in [5.41, 5.74) is 1.34. The molecule has 150 valence electrons. The Morgan fingerprint density at radius 1 is 1.03 bits per heavy atom. The maximum absolute atomic E-state index is 12.5. The van der Waals surface area contributed by atoms with Crippen molar-refractivity contribution in [2.45, 2.75) is 19.4 Å². The molecule has 2 aromatic carbocycles. The lowest BCUT2D eigenvalue weighted by atomic mass is 10.0. The van der Waals surface area contributed by atoms with Crippen molar-refractivity contribution in [2.75, 3.05) is 13.7 Å². The smallest absolute Gasteiger partial charge is 0.325 e. The van der Waals surface area contributed by atoms with Crippen LogP contribution in [0.1, 0.15) is 29.3 Å². The maximum Gasteiger partial charge on any atom is 0.325 e. The zero-order valence-corrected chi connectivity index (χ0v) is 16.0. The fourth-order valence-electron chi connectivity index (χ4n) is 2.44. The Labute approximate surface area is 167 Å². The van der Waals surface area contributed by atoms with Crippen LogP contribution >= 0.6 is 0 Å². The molecule has 0 radical (unpaired) electrons. The molecule has 0 bridgehead atoms. The number of esters is 1. The summed E-state index contributed by atoms with van der Waals surface area (Å²) in [5, 5.41) is 2.44. The van der Waals surface area contributed by atoms with Crippen molar-refractivity contribution in [2.24, 2.45) is 4.99 Å². The van der Waals surface area contributed by atoms with Gasteiger partial charge in [0.1, 0.15) is 18.4 Å². The van der Waals surface area contributed by atoms with Crippen LogP contribution in [0.3, 0.4) is 0 Å². The monoisotopic (exact) mass is 396 g/mol. The fourth-order valence-corrected chi connectivity index (χ4v) is 2.44. The van der Waals surface area contributed by atoms with Gasteiger partial charge >= 0.3 is 5.97 Å². The van der Waals surface area contributed by atoms with Crippen molar-refractivity contribution in [1.82, 2.24) is 5.32 Å². The van der Waals surface area contributed by atoms with Crippen LogP contribution in [0, 0.1) is 0 Å². The zero-order valence-electron chi connectivity index (χ0n) is 16.0. The van der Waals surface area contributed by atoms with E-state index in [1.165, 1.54) is 13.2 Å². The van der Waals surface area contributed by atoms with Gasteiger partial charge in [-0.15, -0.1) is 0 Å². The topological polar surface area (TPSA) is 111 Å². The number of rotatable bonds is 9. The number of hydrogen-bond acceptors (Lipinski definition) is 7. The van der Waals surface area contributed by atoms with E-state index in [-0.39, 0.29) is 24.7 Å². The first-order chi connectivity index (χ1) is 13.9. The zero-order chi connectivity index (χ0) is 21.2. The Balaban J connectivity index is 1.92. The minimum Gasteiger partial charge on any atom is -0.490 e. The maximum atomic E-state index is 12.5. The number of ether oxygens (including phenoxy) is 2. The van der Waals surface area contributed by atoms with E-state index in [1.807, 2.05) is 0 Å². The average molecular weight is 396 g/mol. The van der Waals surface area contributed by atoms with Gasteiger partial charge in [0.25, 0.3) is 0 Å². The molecule has 2 aromatic rings. The van der Waals surface area contributed by atoms with Gasteiger partial charge in [-0.05, 0) is 55.5 Å². The molecule has 0 aromatic heterocycles. The number of aliphatic imine (C=N–C) groups is 1. The summed E-state index contributed by atoms with van der Waals surface area (Å²) in [6.45, 7) is 1.53. The summed E-state index contributed by atoms with van der Waals surface area (Å²) in [6, 6.07) is 12.8. The van der Waals surface area contributed by atoms with E-state index in [4.69, 9.17) is 4.74 Å². The van der Waals surface area contributed by atoms with Crippen LogP contribution in [-0.2, 0) is 19.1 Å². The van der Waals surface area contributed by atoms with Gasteiger partial charge in [-0.25, -0.2) is 4.79 Å². The van der Waals surface area contributed by atoms with Gasteiger partial charge in [0.2, 0.25) is 12.0 Å². The second-order valence-corrected chi connectivity index (χ2v) is 6.09. The number of benzene rings is 2. The van der Waals surface area contributed by atoms with E-state index < -0.39 is 12.1 Å². The van der Waals surface area contributed by atoms with Crippen LogP contribution in [0.25, 0.3) is 0 Å². The third-order valence-electron chi connectivity index (χ3n) is 3.89. The highest BCUT2D eigenvalue weighted by Crippen LogP contribution is 2.19. The normalized spacial score (nSPS) is 11.0. The number of isocyanates is 1. The van der Waals surface area contributed by atoms with Crippen molar-refractivity contribution in [3.63, 3.8) is 0 Å². The van der Waals surface area contributed by atoms with Crippen molar-refractivity contribution in [3.05, 3.63) is 59.7 Å². The summed E-state index contributed by atoms with van der Waals surface area (Å²) in [6.07, 6.45) is 1.08. The summed E-state index contributed by atoms with van der Waals surface area (Å²) in [4.78, 5) is 49.0. The lowest BCUT2D eigenvalue weighted by molar-refractivity contribution is -0.141. The Morgan fingerprint density at radius 3 is 2.17 bits per heavy atom. The second kappa shape index (κ2) is 10.5. The molecule has 8 heteroatoms. The molecular weight excluding hydrogens is 376 g/mol. The largest absolute Gasteiger partial charge is 0.490 e. The van der Waals surface area contributed by atoms with Crippen LogP contribution in [0.5, 0.6) is 5.75 Å². The molecule has 2 rings (SSSR count). The first-order valence-electron chi connectivity index (χ1n) is 8.75. The molecule has 1 N–H and O–H groups in total. The summed E-state index contributed by atoms with van der Waals surface area (Å²) >= 11 is 0. The predicted molar refractivity (Wildman–Crippen MR) is 104 cm³/mol. The van der Waals surface area contributed by atoms with E-state index in [1.54, 1.807) is 55.5 Å². The molecule has 0 saturated carbocycles. The number of ketones is 1. The molecule has 1 atom stereocenters. The molecule has 0 saturated heterocycles. The molecule has 0 fully saturated rings. The Morgan fingerprint density at radius 2 is 1.62 bits per heavy atom. The molecule has 0 heterocycles. The number of carbonyl (C=O) groups excluding carboxylic acids is 4. The highest BCUT2D eigenvalue weighted by molar-refractivity contribution is 6.09. The number of nitrogens with zero attached hydrogens (tertiary/aromatic N) is 1. The number of amides is 1. The Kier molecular flexibility index (Phi) is 7.82. The Hall–Kier alpha value is -3.77. The lowest BCUT2D eigenvalue weighted by Gasteiger charge is -2.14. The van der Waals surface area contributed by atoms with Crippen LogP contribution in [0.2, 0.25) is 0 Å². The van der Waals surface area contributed by atoms with Gasteiger partial charge in [-0.3, -0.25) is 14.4 Å². The van der Waals surface area contributed by atoms with Crippen LogP contribution in [0.15, 0.2) is 53.5 Å². The highest BCUT2D eigenvalue weighted by Gasteiger charge is 2.13. The van der Waals surface area contributed by atoms with Crippen LogP contribution in [0.4, 0.5) is 5.69 Å². The van der Waals surface area contributed by atoms with Gasteiger partial charge in [0.05, 0.1) is 19.2 Å². The van der Waals surface area contributed by atoms with Crippen molar-refractivity contribution >= 4 is 29.4 Å². The van der Waals surface area contributed by atoms with E-state index in [2.05, 4.69) is 15.0 Å². The molecule has 1 unspecified atom stereocenters. The predicted octanol–water partition coefficient (Wildman–Crippen LogP) is 2.33. The van der Waals surface area contributed by atoms with Crippen LogP contribution < -0.4 is 10.1 Å².